The van der Waals surface area contributed by atoms with Crippen LogP contribution in [0.5, 0.6) is 0 Å². The summed E-state index contributed by atoms with van der Waals surface area (Å²) in [6.45, 7) is 3.70. The van der Waals surface area contributed by atoms with Gasteiger partial charge in [-0.2, -0.15) is 0 Å². The predicted molar refractivity (Wildman–Crippen MR) is 60.1 cm³/mol. The fraction of sp³-hybridized carbons (Fsp3) is 0.636. The van der Waals surface area contributed by atoms with Crippen molar-refractivity contribution in [1.82, 2.24) is 20.1 Å². The minimum Gasteiger partial charge on any atom is -0.317 e. The maximum atomic E-state index is 5.16. The third-order valence-electron chi connectivity index (χ3n) is 2.39. The second-order valence-electron chi connectivity index (χ2n) is 3.56. The molecule has 82 valence electrons. The van der Waals surface area contributed by atoms with E-state index in [1.807, 2.05) is 18.5 Å². The van der Waals surface area contributed by atoms with Gasteiger partial charge in [-0.15, -0.1) is 22.5 Å². The maximum absolute atomic E-state index is 5.16. The molecular weight excluding hydrogens is 188 g/mol. The summed E-state index contributed by atoms with van der Waals surface area (Å²) in [5.41, 5.74) is 0. The van der Waals surface area contributed by atoms with Crippen LogP contribution in [0.2, 0.25) is 0 Å². The van der Waals surface area contributed by atoms with Gasteiger partial charge in [0.25, 0.3) is 0 Å². The zero-order chi connectivity index (χ0) is 11.1. The lowest BCUT2D eigenvalue weighted by Gasteiger charge is -2.03. The van der Waals surface area contributed by atoms with Crippen molar-refractivity contribution in [2.45, 2.75) is 32.7 Å². The van der Waals surface area contributed by atoms with E-state index in [-0.39, 0.29) is 0 Å². The van der Waals surface area contributed by atoms with Crippen LogP contribution in [0.3, 0.4) is 0 Å². The van der Waals surface area contributed by atoms with Gasteiger partial charge in [0.15, 0.2) is 0 Å². The van der Waals surface area contributed by atoms with Crippen molar-refractivity contribution in [3.05, 3.63) is 11.6 Å². The Bertz CT molecular complexity index is 335. The third kappa shape index (κ3) is 3.72. The number of rotatable bonds is 6. The Labute approximate surface area is 91.1 Å². The van der Waals surface area contributed by atoms with Crippen molar-refractivity contribution in [2.24, 2.45) is 7.05 Å². The molecule has 1 heterocycles. The summed E-state index contributed by atoms with van der Waals surface area (Å²) in [5.74, 6) is 4.55. The van der Waals surface area contributed by atoms with Crippen molar-refractivity contribution in [2.75, 3.05) is 6.54 Å². The first-order valence-corrected chi connectivity index (χ1v) is 5.24. The van der Waals surface area contributed by atoms with E-state index in [4.69, 9.17) is 6.42 Å². The van der Waals surface area contributed by atoms with E-state index in [9.17, 15) is 0 Å². The molecule has 0 aliphatic carbocycles. The molecule has 1 aromatic heterocycles. The average molecular weight is 206 g/mol. The van der Waals surface area contributed by atoms with Crippen molar-refractivity contribution < 1.29 is 0 Å². The van der Waals surface area contributed by atoms with Gasteiger partial charge in [0.05, 0.1) is 6.54 Å². The summed E-state index contributed by atoms with van der Waals surface area (Å²) in [4.78, 5) is 0. The van der Waals surface area contributed by atoms with Gasteiger partial charge >= 0.3 is 0 Å². The second-order valence-corrected chi connectivity index (χ2v) is 3.56. The number of hydrogen-bond acceptors (Lipinski definition) is 3. The van der Waals surface area contributed by atoms with Crippen LogP contribution in [0.25, 0.3) is 0 Å². The highest BCUT2D eigenvalue weighted by Gasteiger charge is 2.02. The van der Waals surface area contributed by atoms with Crippen LogP contribution in [-0.2, 0) is 13.6 Å². The lowest BCUT2D eigenvalue weighted by atomic mass is 10.2. The third-order valence-corrected chi connectivity index (χ3v) is 2.39. The molecule has 0 fully saturated rings. The molecule has 0 saturated carbocycles. The number of unbranched alkanes of at least 4 members (excludes halogenated alkanes) is 2. The van der Waals surface area contributed by atoms with Crippen LogP contribution >= 0.6 is 0 Å². The van der Waals surface area contributed by atoms with E-state index in [0.29, 0.717) is 0 Å². The van der Waals surface area contributed by atoms with Gasteiger partial charge in [-0.3, -0.25) is 0 Å². The maximum Gasteiger partial charge on any atom is 0.146 e. The Morgan fingerprint density at radius 2 is 2.20 bits per heavy atom. The zero-order valence-electron chi connectivity index (χ0n) is 9.45. The number of terminal acetylenes is 1. The molecule has 1 N–H and O–H groups in total. The van der Waals surface area contributed by atoms with E-state index < -0.39 is 0 Å². The van der Waals surface area contributed by atoms with Crippen molar-refractivity contribution in [1.29, 1.82) is 0 Å². The topological polar surface area (TPSA) is 42.7 Å². The second kappa shape index (κ2) is 6.20. The zero-order valence-corrected chi connectivity index (χ0v) is 9.45. The van der Waals surface area contributed by atoms with E-state index in [1.54, 1.807) is 0 Å². The lowest BCUT2D eigenvalue weighted by Crippen LogP contribution is -2.17. The molecule has 0 aliphatic heterocycles. The normalized spacial score (nSPS) is 10.2. The predicted octanol–water partition coefficient (Wildman–Crippen LogP) is 1.02. The summed E-state index contributed by atoms with van der Waals surface area (Å²) in [5, 5.41) is 11.4. The first-order valence-electron chi connectivity index (χ1n) is 5.24. The Morgan fingerprint density at radius 3 is 2.80 bits per heavy atom. The minimum absolute atomic E-state index is 0.771. The van der Waals surface area contributed by atoms with E-state index in [2.05, 4.69) is 21.4 Å². The van der Waals surface area contributed by atoms with E-state index >= 15 is 0 Å². The molecule has 0 saturated heterocycles. The molecule has 0 bridgehead atoms. The van der Waals surface area contributed by atoms with Gasteiger partial charge in [0, 0.05) is 13.5 Å². The number of aromatic nitrogens is 3. The van der Waals surface area contributed by atoms with Gasteiger partial charge in [-0.1, -0.05) is 0 Å². The molecular formula is C11H18N4. The smallest absolute Gasteiger partial charge is 0.146 e. The quantitative estimate of drug-likeness (QED) is 0.558. The minimum atomic E-state index is 0.771. The highest BCUT2D eigenvalue weighted by Crippen LogP contribution is 1.97. The monoisotopic (exact) mass is 206 g/mol. The van der Waals surface area contributed by atoms with Crippen molar-refractivity contribution in [3.8, 4) is 12.3 Å². The Kier molecular flexibility index (Phi) is 4.85. The lowest BCUT2D eigenvalue weighted by molar-refractivity contribution is 0.598. The van der Waals surface area contributed by atoms with Crippen LogP contribution in [0.15, 0.2) is 0 Å². The Morgan fingerprint density at radius 1 is 1.40 bits per heavy atom. The molecule has 15 heavy (non-hydrogen) atoms. The van der Waals surface area contributed by atoms with E-state index in [1.165, 1.54) is 0 Å². The van der Waals surface area contributed by atoms with Gasteiger partial charge < -0.3 is 9.88 Å². The van der Waals surface area contributed by atoms with Crippen LogP contribution in [-0.4, -0.2) is 21.3 Å². The van der Waals surface area contributed by atoms with Crippen molar-refractivity contribution >= 4 is 0 Å². The summed E-state index contributed by atoms with van der Waals surface area (Å²) < 4.78 is 1.99. The van der Waals surface area contributed by atoms with Crippen molar-refractivity contribution in [3.63, 3.8) is 0 Å². The van der Waals surface area contributed by atoms with Crippen LogP contribution in [0, 0.1) is 19.3 Å². The van der Waals surface area contributed by atoms with Crippen LogP contribution < -0.4 is 5.32 Å². The van der Waals surface area contributed by atoms with Crippen LogP contribution in [0.1, 0.15) is 30.9 Å². The number of nitrogens with zero attached hydrogens (tertiary/aromatic N) is 3. The molecule has 0 atom stereocenters. The number of aryl methyl sites for hydroxylation is 1. The van der Waals surface area contributed by atoms with Crippen LogP contribution in [0.4, 0.5) is 0 Å². The fourth-order valence-electron chi connectivity index (χ4n) is 1.28. The summed E-state index contributed by atoms with van der Waals surface area (Å²) in [7, 11) is 1.98. The Balaban J connectivity index is 2.16. The molecule has 1 aromatic rings. The SMILES string of the molecule is C#CCCCCNCc1nnc(C)n1C. The molecule has 0 aromatic carbocycles. The number of hydrogen-bond donors (Lipinski definition) is 1. The van der Waals surface area contributed by atoms with Gasteiger partial charge in [-0.25, -0.2) is 0 Å². The standard InChI is InChI=1S/C11H18N4/c1-4-5-6-7-8-12-9-11-14-13-10(2)15(11)3/h1,12H,5-9H2,2-3H3. The molecule has 0 amide bonds. The fourth-order valence-corrected chi connectivity index (χ4v) is 1.28. The van der Waals surface area contributed by atoms with Gasteiger partial charge in [0.1, 0.15) is 11.6 Å². The molecule has 0 unspecified atom stereocenters. The molecule has 1 rings (SSSR count). The van der Waals surface area contributed by atoms with E-state index in [0.717, 1.165) is 44.0 Å². The first kappa shape index (κ1) is 11.7. The Hall–Kier alpha value is -1.34. The molecule has 0 radical (unpaired) electrons. The van der Waals surface area contributed by atoms with Gasteiger partial charge in [-0.05, 0) is 26.3 Å². The molecule has 0 aliphatic rings. The highest BCUT2D eigenvalue weighted by molar-refractivity contribution is 4.91. The summed E-state index contributed by atoms with van der Waals surface area (Å²) in [6, 6.07) is 0. The average Bonchev–Trinajstić information content (AvgIpc) is 2.54. The largest absolute Gasteiger partial charge is 0.317 e. The molecule has 0 spiro atoms. The first-order chi connectivity index (χ1) is 7.25. The molecule has 4 nitrogen and oxygen atoms in total. The summed E-state index contributed by atoms with van der Waals surface area (Å²) in [6.07, 6.45) is 8.23. The van der Waals surface area contributed by atoms with Gasteiger partial charge in [0.2, 0.25) is 0 Å². The highest BCUT2D eigenvalue weighted by atomic mass is 15.3. The number of nitrogens with one attached hydrogen (secondary N) is 1. The molecule has 4 heteroatoms. The summed E-state index contributed by atoms with van der Waals surface area (Å²) >= 11 is 0.